The van der Waals surface area contributed by atoms with Gasteiger partial charge in [0, 0.05) is 17.5 Å². The Morgan fingerprint density at radius 3 is 2.62 bits per heavy atom. The van der Waals surface area contributed by atoms with Gasteiger partial charge in [0.05, 0.1) is 10.4 Å². The van der Waals surface area contributed by atoms with E-state index in [0.29, 0.717) is 47.4 Å². The molecule has 0 radical (unpaired) electrons. The minimum Gasteiger partial charge on any atom is -0.299 e. The van der Waals surface area contributed by atoms with E-state index in [4.69, 9.17) is 11.6 Å². The lowest BCUT2D eigenvalue weighted by atomic mass is 9.80. The van der Waals surface area contributed by atoms with Crippen molar-refractivity contribution >= 4 is 17.4 Å². The number of aryl methyl sites for hydroxylation is 1. The zero-order chi connectivity index (χ0) is 24.3. The van der Waals surface area contributed by atoms with Crippen LogP contribution < -0.4 is 5.69 Å². The Morgan fingerprint density at radius 1 is 1.15 bits per heavy atom. The molecule has 0 bridgehead atoms. The lowest BCUT2D eigenvalue weighted by Gasteiger charge is -2.23. The predicted molar refractivity (Wildman–Crippen MR) is 133 cm³/mol. The standard InChI is InChI=1S/C27H29ClFN3O2/c1-17(2)19-6-5-7-20(15-19)24-30-25(32-26(34)31-24)21-14-18(8-10-22(21)28)9-11-23(33)27(16-29)12-3-4-13-27/h5-8,10,14-15,17H,3-4,9,11-13,16H2,1-2H3,(H,30,31,32,34). The van der Waals surface area contributed by atoms with E-state index in [1.807, 2.05) is 36.4 Å². The maximum Gasteiger partial charge on any atom is 0.348 e. The molecular formula is C27H29ClFN3O2. The molecule has 3 aromatic rings. The summed E-state index contributed by atoms with van der Waals surface area (Å²) in [4.78, 5) is 36.5. The monoisotopic (exact) mass is 481 g/mol. The van der Waals surface area contributed by atoms with Gasteiger partial charge in [-0.05, 0) is 54.5 Å². The normalized spacial score (nSPS) is 15.1. The molecule has 0 saturated heterocycles. The number of hydrogen-bond donors (Lipinski definition) is 1. The summed E-state index contributed by atoms with van der Waals surface area (Å²) in [6.07, 6.45) is 3.84. The quantitative estimate of drug-likeness (QED) is 0.409. The fraction of sp³-hybridized carbons (Fsp3) is 0.407. The van der Waals surface area contributed by atoms with Crippen LogP contribution in [0.1, 0.15) is 63.0 Å². The summed E-state index contributed by atoms with van der Waals surface area (Å²) in [7, 11) is 0. The van der Waals surface area contributed by atoms with E-state index >= 15 is 0 Å². The van der Waals surface area contributed by atoms with Crippen LogP contribution in [0.2, 0.25) is 5.02 Å². The molecule has 178 valence electrons. The van der Waals surface area contributed by atoms with E-state index in [1.54, 1.807) is 6.07 Å². The maximum atomic E-state index is 13.7. The van der Waals surface area contributed by atoms with Crippen molar-refractivity contribution in [3.63, 3.8) is 0 Å². The summed E-state index contributed by atoms with van der Waals surface area (Å²) in [5.74, 6) is 0.964. The Morgan fingerprint density at radius 2 is 1.91 bits per heavy atom. The van der Waals surface area contributed by atoms with E-state index in [0.717, 1.165) is 29.5 Å². The second kappa shape index (κ2) is 10.2. The second-order valence-corrected chi connectivity index (χ2v) is 9.87. The highest BCUT2D eigenvalue weighted by molar-refractivity contribution is 6.33. The number of nitrogens with zero attached hydrogens (tertiary/aromatic N) is 2. The topological polar surface area (TPSA) is 75.7 Å². The van der Waals surface area contributed by atoms with Crippen LogP contribution in [-0.2, 0) is 11.2 Å². The van der Waals surface area contributed by atoms with Gasteiger partial charge in [0.1, 0.15) is 18.3 Å². The van der Waals surface area contributed by atoms with Gasteiger partial charge in [0.2, 0.25) is 0 Å². The van der Waals surface area contributed by atoms with Crippen LogP contribution in [0.3, 0.4) is 0 Å². The van der Waals surface area contributed by atoms with Gasteiger partial charge in [-0.15, -0.1) is 0 Å². The number of aromatic nitrogens is 3. The third-order valence-corrected chi connectivity index (χ3v) is 7.13. The number of nitrogens with one attached hydrogen (secondary N) is 1. The van der Waals surface area contributed by atoms with E-state index < -0.39 is 17.8 Å². The van der Waals surface area contributed by atoms with Gasteiger partial charge in [0.25, 0.3) is 0 Å². The van der Waals surface area contributed by atoms with Crippen molar-refractivity contribution in [2.24, 2.45) is 5.41 Å². The summed E-state index contributed by atoms with van der Waals surface area (Å²) in [5.41, 5.74) is 2.01. The Hall–Kier alpha value is -2.86. The van der Waals surface area contributed by atoms with Crippen LogP contribution in [-0.4, -0.2) is 27.4 Å². The van der Waals surface area contributed by atoms with Crippen molar-refractivity contribution in [3.05, 3.63) is 69.1 Å². The maximum absolute atomic E-state index is 13.7. The van der Waals surface area contributed by atoms with Crippen molar-refractivity contribution in [2.75, 3.05) is 6.67 Å². The number of halogens is 2. The molecule has 1 fully saturated rings. The number of benzene rings is 2. The molecule has 1 heterocycles. The van der Waals surface area contributed by atoms with Crippen LogP contribution in [0.4, 0.5) is 4.39 Å². The van der Waals surface area contributed by atoms with Gasteiger partial charge >= 0.3 is 5.69 Å². The lowest BCUT2D eigenvalue weighted by Crippen LogP contribution is -2.30. The average molecular weight is 482 g/mol. The second-order valence-electron chi connectivity index (χ2n) is 9.46. The zero-order valence-corrected chi connectivity index (χ0v) is 20.3. The molecule has 7 heteroatoms. The molecule has 1 saturated carbocycles. The van der Waals surface area contributed by atoms with Crippen molar-refractivity contribution in [3.8, 4) is 22.8 Å². The smallest absolute Gasteiger partial charge is 0.299 e. The third-order valence-electron chi connectivity index (χ3n) is 6.80. The fourth-order valence-corrected chi connectivity index (χ4v) is 4.86. The number of ketones is 1. The molecule has 0 amide bonds. The highest BCUT2D eigenvalue weighted by Crippen LogP contribution is 2.40. The predicted octanol–water partition coefficient (Wildman–Crippen LogP) is 6.31. The summed E-state index contributed by atoms with van der Waals surface area (Å²) >= 11 is 6.46. The van der Waals surface area contributed by atoms with Gasteiger partial charge < -0.3 is 0 Å². The van der Waals surface area contributed by atoms with E-state index in [1.165, 1.54) is 0 Å². The van der Waals surface area contributed by atoms with Crippen molar-refractivity contribution in [2.45, 2.75) is 58.3 Å². The van der Waals surface area contributed by atoms with E-state index in [9.17, 15) is 14.0 Å². The fourth-order valence-electron chi connectivity index (χ4n) is 4.65. The van der Waals surface area contributed by atoms with E-state index in [-0.39, 0.29) is 12.2 Å². The minimum absolute atomic E-state index is 0.00763. The number of alkyl halides is 1. The SMILES string of the molecule is CC(C)c1cccc(-c2nc(-c3cc(CCC(=O)C4(CF)CCCC4)ccc3Cl)[nH]c(=O)n2)c1. The summed E-state index contributed by atoms with van der Waals surface area (Å²) in [6, 6.07) is 13.2. The molecule has 1 aromatic heterocycles. The Bertz CT molecular complexity index is 1250. The molecule has 1 N–H and O–H groups in total. The van der Waals surface area contributed by atoms with Crippen LogP contribution in [0, 0.1) is 5.41 Å². The average Bonchev–Trinajstić information content (AvgIpc) is 3.33. The Kier molecular flexibility index (Phi) is 7.27. The number of Topliss-reactive ketones (excluding diaryl/α,β-unsaturated/α-hetero) is 1. The molecule has 5 nitrogen and oxygen atoms in total. The van der Waals surface area contributed by atoms with Gasteiger partial charge in [-0.25, -0.2) is 9.78 Å². The highest BCUT2D eigenvalue weighted by atomic mass is 35.5. The Balaban J connectivity index is 1.61. The number of carbonyl (C=O) groups is 1. The van der Waals surface area contributed by atoms with Crippen LogP contribution >= 0.6 is 11.6 Å². The third kappa shape index (κ3) is 5.12. The first-order valence-electron chi connectivity index (χ1n) is 11.8. The molecular weight excluding hydrogens is 453 g/mol. The van der Waals surface area contributed by atoms with E-state index in [2.05, 4.69) is 28.8 Å². The number of rotatable bonds is 8. The van der Waals surface area contributed by atoms with Gasteiger partial charge in [-0.1, -0.05) is 62.6 Å². The largest absolute Gasteiger partial charge is 0.348 e. The van der Waals surface area contributed by atoms with Crippen LogP contribution in [0.15, 0.2) is 47.3 Å². The van der Waals surface area contributed by atoms with Gasteiger partial charge in [-0.2, -0.15) is 4.98 Å². The highest BCUT2D eigenvalue weighted by Gasteiger charge is 2.40. The number of aromatic amines is 1. The molecule has 2 aromatic carbocycles. The van der Waals surface area contributed by atoms with Crippen LogP contribution in [0.5, 0.6) is 0 Å². The molecule has 0 aliphatic heterocycles. The number of H-pyrrole nitrogens is 1. The van der Waals surface area contributed by atoms with Crippen molar-refractivity contribution in [1.82, 2.24) is 15.0 Å². The molecule has 1 aliphatic rings. The molecule has 4 rings (SSSR count). The molecule has 0 atom stereocenters. The summed E-state index contributed by atoms with van der Waals surface area (Å²) in [5, 5.41) is 0.433. The lowest BCUT2D eigenvalue weighted by molar-refractivity contribution is -0.129. The molecule has 0 spiro atoms. The zero-order valence-electron chi connectivity index (χ0n) is 19.5. The van der Waals surface area contributed by atoms with Crippen molar-refractivity contribution < 1.29 is 9.18 Å². The number of carbonyl (C=O) groups excluding carboxylic acids is 1. The molecule has 34 heavy (non-hydrogen) atoms. The molecule has 0 unspecified atom stereocenters. The first kappa shape index (κ1) is 24.3. The first-order chi connectivity index (χ1) is 16.3. The van der Waals surface area contributed by atoms with Crippen LogP contribution in [0.25, 0.3) is 22.8 Å². The van der Waals surface area contributed by atoms with Gasteiger partial charge in [0.15, 0.2) is 5.82 Å². The van der Waals surface area contributed by atoms with Gasteiger partial charge in [-0.3, -0.25) is 14.2 Å². The molecule has 1 aliphatic carbocycles. The number of hydrogen-bond acceptors (Lipinski definition) is 4. The summed E-state index contributed by atoms with van der Waals surface area (Å²) < 4.78 is 13.7. The minimum atomic E-state index is -0.799. The van der Waals surface area contributed by atoms with Crippen molar-refractivity contribution in [1.29, 1.82) is 0 Å². The first-order valence-corrected chi connectivity index (χ1v) is 12.2. The summed E-state index contributed by atoms with van der Waals surface area (Å²) in [6.45, 7) is 3.61. The Labute approximate surface area is 203 Å².